The van der Waals surface area contributed by atoms with Crippen LogP contribution in [0.5, 0.6) is 0 Å². The van der Waals surface area contributed by atoms with Gasteiger partial charge in [0.1, 0.15) is 5.69 Å². The molecule has 7 heteroatoms. The number of aromatic nitrogens is 3. The van der Waals surface area contributed by atoms with Crippen LogP contribution in [0.2, 0.25) is 0 Å². The summed E-state index contributed by atoms with van der Waals surface area (Å²) in [5, 5.41) is 14.0. The summed E-state index contributed by atoms with van der Waals surface area (Å²) < 4.78 is 7.00. The molecule has 2 heterocycles. The fraction of sp³-hybridized carbons (Fsp3) is 0.500. The molecule has 0 aromatic carbocycles. The Balaban J connectivity index is 1.76. The lowest BCUT2D eigenvalue weighted by Crippen LogP contribution is -2.26. The zero-order chi connectivity index (χ0) is 14.8. The Labute approximate surface area is 139 Å². The molecule has 2 aromatic rings. The van der Waals surface area contributed by atoms with Crippen molar-refractivity contribution in [3.05, 3.63) is 27.1 Å². The van der Waals surface area contributed by atoms with Gasteiger partial charge in [-0.25, -0.2) is 0 Å². The standard InChI is InChI=1S/C14H15Br2N3O2/c15-9-6-10(16)13(17-7-9)14-18-12(21-19-14)5-8-3-1-2-4-11(8)20/h6-8,11,20H,1-5H2. The Bertz CT molecular complexity index is 632. The maximum Gasteiger partial charge on any atom is 0.227 e. The first-order chi connectivity index (χ1) is 10.1. The van der Waals surface area contributed by atoms with E-state index in [0.29, 0.717) is 23.8 Å². The van der Waals surface area contributed by atoms with Gasteiger partial charge in [0, 0.05) is 21.6 Å². The highest BCUT2D eigenvalue weighted by molar-refractivity contribution is 9.11. The first-order valence-corrected chi connectivity index (χ1v) is 8.54. The van der Waals surface area contributed by atoms with Crippen molar-refractivity contribution in [3.8, 4) is 11.5 Å². The van der Waals surface area contributed by atoms with Gasteiger partial charge in [0.25, 0.3) is 0 Å². The predicted octanol–water partition coefficient (Wildman–Crippen LogP) is 3.75. The summed E-state index contributed by atoms with van der Waals surface area (Å²) in [6.07, 6.45) is 6.20. The van der Waals surface area contributed by atoms with Crippen LogP contribution in [0.4, 0.5) is 0 Å². The molecule has 0 amide bonds. The van der Waals surface area contributed by atoms with Gasteiger partial charge in [-0.1, -0.05) is 18.0 Å². The van der Waals surface area contributed by atoms with Gasteiger partial charge in [-0.2, -0.15) is 4.98 Å². The first-order valence-electron chi connectivity index (χ1n) is 6.95. The summed E-state index contributed by atoms with van der Waals surface area (Å²) in [7, 11) is 0. The minimum absolute atomic E-state index is 0.216. The van der Waals surface area contributed by atoms with Crippen LogP contribution in [0.3, 0.4) is 0 Å². The molecule has 0 spiro atoms. The Morgan fingerprint density at radius 2 is 2.10 bits per heavy atom. The maximum atomic E-state index is 10.0. The van der Waals surface area contributed by atoms with Crippen LogP contribution in [0.1, 0.15) is 31.6 Å². The average Bonchev–Trinajstić information content (AvgIpc) is 2.90. The van der Waals surface area contributed by atoms with Crippen molar-refractivity contribution in [2.24, 2.45) is 5.92 Å². The quantitative estimate of drug-likeness (QED) is 0.824. The number of halogens is 2. The smallest absolute Gasteiger partial charge is 0.227 e. The van der Waals surface area contributed by atoms with Gasteiger partial charge in [0.05, 0.1) is 6.10 Å². The molecular weight excluding hydrogens is 402 g/mol. The van der Waals surface area contributed by atoms with E-state index in [1.165, 1.54) is 0 Å². The second-order valence-corrected chi connectivity index (χ2v) is 7.08. The molecule has 5 nitrogen and oxygen atoms in total. The molecule has 2 aromatic heterocycles. The van der Waals surface area contributed by atoms with Crippen molar-refractivity contribution < 1.29 is 9.63 Å². The lowest BCUT2D eigenvalue weighted by atomic mass is 9.84. The Kier molecular flexibility index (Phi) is 4.71. The Hall–Kier alpha value is -0.790. The van der Waals surface area contributed by atoms with Crippen molar-refractivity contribution in [1.82, 2.24) is 15.1 Å². The van der Waals surface area contributed by atoms with E-state index in [-0.39, 0.29) is 12.0 Å². The fourth-order valence-electron chi connectivity index (χ4n) is 2.66. The largest absolute Gasteiger partial charge is 0.393 e. The molecule has 0 aliphatic heterocycles. The molecule has 1 fully saturated rings. The second kappa shape index (κ2) is 6.54. The molecule has 1 saturated carbocycles. The van der Waals surface area contributed by atoms with Gasteiger partial charge in [-0.05, 0) is 56.7 Å². The molecule has 2 unspecified atom stereocenters. The van der Waals surface area contributed by atoms with Crippen LogP contribution in [0.25, 0.3) is 11.5 Å². The van der Waals surface area contributed by atoms with Gasteiger partial charge >= 0.3 is 0 Å². The maximum absolute atomic E-state index is 10.0. The molecule has 2 atom stereocenters. The zero-order valence-electron chi connectivity index (χ0n) is 11.3. The second-order valence-electron chi connectivity index (χ2n) is 5.31. The van der Waals surface area contributed by atoms with Gasteiger partial charge < -0.3 is 9.63 Å². The minimum Gasteiger partial charge on any atom is -0.393 e. The van der Waals surface area contributed by atoms with Crippen LogP contribution in [0.15, 0.2) is 25.7 Å². The highest BCUT2D eigenvalue weighted by Crippen LogP contribution is 2.29. The number of pyridine rings is 1. The summed E-state index contributed by atoms with van der Waals surface area (Å²) in [6, 6.07) is 1.89. The monoisotopic (exact) mass is 415 g/mol. The average molecular weight is 417 g/mol. The molecule has 0 saturated heterocycles. The van der Waals surface area contributed by atoms with E-state index in [9.17, 15) is 5.11 Å². The summed E-state index contributed by atoms with van der Waals surface area (Å²) in [6.45, 7) is 0. The number of aliphatic hydroxyl groups excluding tert-OH is 1. The van der Waals surface area contributed by atoms with E-state index in [1.54, 1.807) is 6.20 Å². The fourth-order valence-corrected chi connectivity index (χ4v) is 3.83. The minimum atomic E-state index is -0.258. The van der Waals surface area contributed by atoms with Crippen LogP contribution >= 0.6 is 31.9 Å². The number of nitrogens with zero attached hydrogens (tertiary/aromatic N) is 3. The first kappa shape index (κ1) is 15.1. The Morgan fingerprint density at radius 3 is 2.86 bits per heavy atom. The number of hydrogen-bond donors (Lipinski definition) is 1. The van der Waals surface area contributed by atoms with Gasteiger partial charge in [0.2, 0.25) is 11.7 Å². The molecule has 21 heavy (non-hydrogen) atoms. The SMILES string of the molecule is OC1CCCCC1Cc1nc(-c2ncc(Br)cc2Br)no1. The molecule has 3 rings (SSSR count). The van der Waals surface area contributed by atoms with E-state index < -0.39 is 0 Å². The van der Waals surface area contributed by atoms with Crippen LogP contribution in [0, 0.1) is 5.92 Å². The molecule has 112 valence electrons. The third kappa shape index (κ3) is 3.52. The molecule has 1 aliphatic carbocycles. The normalized spacial score (nSPS) is 22.4. The van der Waals surface area contributed by atoms with E-state index in [4.69, 9.17) is 4.52 Å². The predicted molar refractivity (Wildman–Crippen MR) is 84.6 cm³/mol. The third-order valence-electron chi connectivity index (χ3n) is 3.79. The summed E-state index contributed by atoms with van der Waals surface area (Å²) >= 11 is 6.81. The number of rotatable bonds is 3. The van der Waals surface area contributed by atoms with Crippen molar-refractivity contribution in [3.63, 3.8) is 0 Å². The van der Waals surface area contributed by atoms with Gasteiger partial charge in [-0.15, -0.1) is 0 Å². The molecule has 0 radical (unpaired) electrons. The van der Waals surface area contributed by atoms with Crippen LogP contribution < -0.4 is 0 Å². The topological polar surface area (TPSA) is 72.0 Å². The molecule has 1 aliphatic rings. The Morgan fingerprint density at radius 1 is 1.29 bits per heavy atom. The van der Waals surface area contributed by atoms with Crippen LogP contribution in [-0.4, -0.2) is 26.3 Å². The van der Waals surface area contributed by atoms with Gasteiger partial charge in [0.15, 0.2) is 0 Å². The number of hydrogen-bond acceptors (Lipinski definition) is 5. The van der Waals surface area contributed by atoms with Crippen molar-refractivity contribution >= 4 is 31.9 Å². The van der Waals surface area contributed by atoms with Crippen molar-refractivity contribution in [1.29, 1.82) is 0 Å². The summed E-state index contributed by atoms with van der Waals surface area (Å²) in [5.74, 6) is 1.25. The highest BCUT2D eigenvalue weighted by Gasteiger charge is 2.25. The van der Waals surface area contributed by atoms with E-state index >= 15 is 0 Å². The zero-order valence-corrected chi connectivity index (χ0v) is 14.5. The van der Waals surface area contributed by atoms with Gasteiger partial charge in [-0.3, -0.25) is 4.98 Å². The number of aliphatic hydroxyl groups is 1. The van der Waals surface area contributed by atoms with E-state index in [0.717, 1.165) is 34.6 Å². The lowest BCUT2D eigenvalue weighted by molar-refractivity contribution is 0.0657. The summed E-state index contributed by atoms with van der Waals surface area (Å²) in [4.78, 5) is 8.70. The third-order valence-corrected chi connectivity index (χ3v) is 4.83. The van der Waals surface area contributed by atoms with Crippen molar-refractivity contribution in [2.45, 2.75) is 38.2 Å². The molecular formula is C14H15Br2N3O2. The van der Waals surface area contributed by atoms with E-state index in [2.05, 4.69) is 47.0 Å². The molecule has 1 N–H and O–H groups in total. The molecule has 0 bridgehead atoms. The van der Waals surface area contributed by atoms with E-state index in [1.807, 2.05) is 6.07 Å². The summed E-state index contributed by atoms with van der Waals surface area (Å²) in [5.41, 5.74) is 0.650. The lowest BCUT2D eigenvalue weighted by Gasteiger charge is -2.26. The van der Waals surface area contributed by atoms with Crippen LogP contribution in [-0.2, 0) is 6.42 Å². The highest BCUT2D eigenvalue weighted by atomic mass is 79.9. The van der Waals surface area contributed by atoms with Crippen molar-refractivity contribution in [2.75, 3.05) is 0 Å².